The highest BCUT2D eigenvalue weighted by Crippen LogP contribution is 2.20. The van der Waals surface area contributed by atoms with Crippen LogP contribution in [0.15, 0.2) is 60.0 Å². The Balaban J connectivity index is 1.27. The fourth-order valence-corrected chi connectivity index (χ4v) is 5.32. The van der Waals surface area contributed by atoms with Crippen molar-refractivity contribution in [3.63, 3.8) is 0 Å². The van der Waals surface area contributed by atoms with Crippen LogP contribution in [-0.2, 0) is 19.6 Å². The van der Waals surface area contributed by atoms with E-state index in [1.807, 2.05) is 66.4 Å². The number of carbonyl (C=O) groups is 1. The van der Waals surface area contributed by atoms with E-state index < -0.39 is 10.0 Å². The van der Waals surface area contributed by atoms with Crippen molar-refractivity contribution in [2.45, 2.75) is 13.0 Å². The highest BCUT2D eigenvalue weighted by Gasteiger charge is 2.29. The first-order valence-corrected chi connectivity index (χ1v) is 13.1. The van der Waals surface area contributed by atoms with Crippen LogP contribution in [0.25, 0.3) is 6.08 Å². The van der Waals surface area contributed by atoms with E-state index >= 15 is 0 Å². The van der Waals surface area contributed by atoms with Gasteiger partial charge in [0.25, 0.3) is 0 Å². The third-order valence-electron chi connectivity index (χ3n) is 6.30. The first kappa shape index (κ1) is 24.4. The number of ether oxygens (including phenoxy) is 1. The molecule has 0 spiro atoms. The molecule has 0 radical (unpaired) electrons. The van der Waals surface area contributed by atoms with E-state index in [9.17, 15) is 13.2 Å². The topological polar surface area (TPSA) is 82.2 Å². The van der Waals surface area contributed by atoms with Gasteiger partial charge in [-0.3, -0.25) is 9.69 Å². The Hall–Kier alpha value is -2.72. The van der Waals surface area contributed by atoms with Gasteiger partial charge in [0.2, 0.25) is 15.9 Å². The van der Waals surface area contributed by atoms with Gasteiger partial charge in [-0.15, -0.1) is 0 Å². The molecule has 9 heteroatoms. The Morgan fingerprint density at radius 3 is 2.24 bits per heavy atom. The first-order valence-electron chi connectivity index (χ1n) is 11.6. The summed E-state index contributed by atoms with van der Waals surface area (Å²) in [5, 5.41) is 4.24. The summed E-state index contributed by atoms with van der Waals surface area (Å²) in [6, 6.07) is 16.9. The summed E-state index contributed by atoms with van der Waals surface area (Å²) >= 11 is 0. The Labute approximate surface area is 201 Å². The number of benzene rings is 2. The molecule has 1 N–H and O–H groups in total. The van der Waals surface area contributed by atoms with Gasteiger partial charge in [-0.1, -0.05) is 30.3 Å². The number of hydrogen-bond acceptors (Lipinski definition) is 6. The molecular formula is C25H32N4O4S. The number of sulfonamides is 1. The monoisotopic (exact) mass is 484 g/mol. The van der Waals surface area contributed by atoms with Gasteiger partial charge in [0, 0.05) is 56.1 Å². The molecule has 0 unspecified atom stereocenters. The molecule has 2 aliphatic rings. The maximum absolute atomic E-state index is 12.8. The van der Waals surface area contributed by atoms with Crippen molar-refractivity contribution in [3.8, 4) is 0 Å². The predicted molar refractivity (Wildman–Crippen MR) is 135 cm³/mol. The van der Waals surface area contributed by atoms with Crippen molar-refractivity contribution in [2.24, 2.45) is 0 Å². The van der Waals surface area contributed by atoms with E-state index in [-0.39, 0.29) is 11.9 Å². The zero-order valence-corrected chi connectivity index (χ0v) is 20.3. The molecule has 2 saturated heterocycles. The van der Waals surface area contributed by atoms with Crippen LogP contribution < -0.4 is 10.2 Å². The molecule has 2 aromatic carbocycles. The second-order valence-corrected chi connectivity index (χ2v) is 10.3. The van der Waals surface area contributed by atoms with E-state index in [4.69, 9.17) is 4.74 Å². The zero-order chi connectivity index (χ0) is 24.0. The fraction of sp³-hybridized carbons (Fsp3) is 0.400. The van der Waals surface area contributed by atoms with E-state index in [2.05, 4.69) is 10.2 Å². The van der Waals surface area contributed by atoms with Gasteiger partial charge in [0.1, 0.15) is 0 Å². The van der Waals surface area contributed by atoms with Crippen LogP contribution in [0, 0.1) is 0 Å². The minimum absolute atomic E-state index is 0.0978. The third kappa shape index (κ3) is 6.24. The van der Waals surface area contributed by atoms with Gasteiger partial charge in [0.05, 0.1) is 19.3 Å². The minimum Gasteiger partial charge on any atom is -0.378 e. The summed E-state index contributed by atoms with van der Waals surface area (Å²) in [6.45, 7) is 6.77. The second-order valence-electron chi connectivity index (χ2n) is 8.50. The lowest BCUT2D eigenvalue weighted by Gasteiger charge is -2.36. The summed E-state index contributed by atoms with van der Waals surface area (Å²) in [7, 11) is -3.50. The number of nitrogens with one attached hydrogen (secondary N) is 1. The lowest BCUT2D eigenvalue weighted by molar-refractivity contribution is -0.121. The molecule has 2 heterocycles. The molecule has 0 aromatic heterocycles. The minimum atomic E-state index is -3.50. The van der Waals surface area contributed by atoms with Gasteiger partial charge in [0.15, 0.2) is 0 Å². The van der Waals surface area contributed by atoms with Gasteiger partial charge in [-0.2, -0.15) is 4.31 Å². The number of carbonyl (C=O) groups excluding carboxylic acids is 1. The van der Waals surface area contributed by atoms with Crippen LogP contribution in [-0.4, -0.2) is 82.1 Å². The molecule has 1 amide bonds. The molecule has 1 atom stereocenters. The second kappa shape index (κ2) is 11.1. The number of hydrogen-bond donors (Lipinski definition) is 1. The van der Waals surface area contributed by atoms with Crippen LogP contribution in [0.1, 0.15) is 12.5 Å². The van der Waals surface area contributed by atoms with E-state index in [0.717, 1.165) is 43.2 Å². The quantitative estimate of drug-likeness (QED) is 0.650. The SMILES string of the molecule is C[C@@H](C(=O)Nc1ccc(N2CCOCC2)cc1)N1CCN(S(=O)(=O)/C=C/c2ccccc2)CC1. The van der Waals surface area contributed by atoms with Crippen molar-refractivity contribution in [2.75, 3.05) is 62.7 Å². The zero-order valence-electron chi connectivity index (χ0n) is 19.5. The number of piperazine rings is 1. The highest BCUT2D eigenvalue weighted by atomic mass is 32.2. The Morgan fingerprint density at radius 2 is 1.59 bits per heavy atom. The van der Waals surface area contributed by atoms with Gasteiger partial charge in [-0.25, -0.2) is 8.42 Å². The average Bonchev–Trinajstić information content (AvgIpc) is 2.89. The lowest BCUT2D eigenvalue weighted by Crippen LogP contribution is -2.53. The molecule has 8 nitrogen and oxygen atoms in total. The van der Waals surface area contributed by atoms with E-state index in [1.54, 1.807) is 6.08 Å². The van der Waals surface area contributed by atoms with Gasteiger partial charge >= 0.3 is 0 Å². The number of rotatable bonds is 7. The summed E-state index contributed by atoms with van der Waals surface area (Å²) < 4.78 is 32.2. The first-order chi connectivity index (χ1) is 16.4. The Kier molecular flexibility index (Phi) is 7.99. The summed E-state index contributed by atoms with van der Waals surface area (Å²) in [5.41, 5.74) is 2.71. The third-order valence-corrected chi connectivity index (χ3v) is 7.87. The van der Waals surface area contributed by atoms with Gasteiger partial charge in [-0.05, 0) is 42.8 Å². The smallest absolute Gasteiger partial charge is 0.241 e. The van der Waals surface area contributed by atoms with Crippen molar-refractivity contribution in [1.29, 1.82) is 0 Å². The number of amides is 1. The lowest BCUT2D eigenvalue weighted by atomic mass is 10.2. The van der Waals surface area contributed by atoms with Crippen LogP contribution in [0.5, 0.6) is 0 Å². The van der Waals surface area contributed by atoms with Crippen LogP contribution in [0.4, 0.5) is 11.4 Å². The molecule has 0 aliphatic carbocycles. The van der Waals surface area contributed by atoms with Crippen molar-refractivity contribution in [1.82, 2.24) is 9.21 Å². The highest BCUT2D eigenvalue weighted by molar-refractivity contribution is 7.92. The molecule has 2 aliphatic heterocycles. The van der Waals surface area contributed by atoms with E-state index in [1.165, 1.54) is 9.71 Å². The van der Waals surface area contributed by atoms with Crippen LogP contribution in [0.2, 0.25) is 0 Å². The normalized spacial score (nSPS) is 19.3. The largest absolute Gasteiger partial charge is 0.378 e. The van der Waals surface area contributed by atoms with Crippen molar-refractivity contribution >= 4 is 33.4 Å². The molecule has 2 aromatic rings. The maximum atomic E-state index is 12.8. The van der Waals surface area contributed by atoms with Crippen LogP contribution in [0.3, 0.4) is 0 Å². The van der Waals surface area contributed by atoms with E-state index in [0.29, 0.717) is 26.2 Å². The number of morpholine rings is 1. The van der Waals surface area contributed by atoms with Crippen molar-refractivity contribution in [3.05, 3.63) is 65.6 Å². The standard InChI is InChI=1S/C25H32N4O4S/c1-21(25(30)26-23-7-9-24(10-8-23)28-16-18-33-19-17-28)27-12-14-29(15-13-27)34(31,32)20-11-22-5-3-2-4-6-22/h2-11,20-21H,12-19H2,1H3,(H,26,30)/b20-11+/t21-/m0/s1. The molecule has 4 rings (SSSR count). The summed E-state index contributed by atoms with van der Waals surface area (Å²) in [6.07, 6.45) is 1.61. The molecule has 34 heavy (non-hydrogen) atoms. The molecule has 0 bridgehead atoms. The summed E-state index contributed by atoms with van der Waals surface area (Å²) in [4.78, 5) is 17.1. The Bertz CT molecular complexity index is 1080. The van der Waals surface area contributed by atoms with Gasteiger partial charge < -0.3 is 15.0 Å². The molecule has 182 valence electrons. The number of nitrogens with zero attached hydrogens (tertiary/aromatic N) is 3. The fourth-order valence-electron chi connectivity index (χ4n) is 4.15. The average molecular weight is 485 g/mol. The summed E-state index contributed by atoms with van der Waals surface area (Å²) in [5.74, 6) is -0.0978. The molecular weight excluding hydrogens is 452 g/mol. The predicted octanol–water partition coefficient (Wildman–Crippen LogP) is 2.47. The molecule has 0 saturated carbocycles. The maximum Gasteiger partial charge on any atom is 0.241 e. The Morgan fingerprint density at radius 1 is 0.941 bits per heavy atom. The van der Waals surface area contributed by atoms with Crippen molar-refractivity contribution < 1.29 is 17.9 Å². The van der Waals surface area contributed by atoms with Crippen LogP contribution >= 0.6 is 0 Å². The molecule has 2 fully saturated rings. The number of anilines is 2.